The molecule has 35 heavy (non-hydrogen) atoms. The van der Waals surface area contributed by atoms with E-state index in [2.05, 4.69) is 15.0 Å². The molecule has 0 bridgehead atoms. The van der Waals surface area contributed by atoms with Crippen LogP contribution in [0.4, 0.5) is 33.5 Å². The maximum Gasteiger partial charge on any atom is 0.390 e. The summed E-state index contributed by atoms with van der Waals surface area (Å²) in [6.07, 6.45) is -1.14. The van der Waals surface area contributed by atoms with Gasteiger partial charge in [0.25, 0.3) is 0 Å². The van der Waals surface area contributed by atoms with Crippen LogP contribution in [0.1, 0.15) is 26.7 Å². The van der Waals surface area contributed by atoms with Gasteiger partial charge in [-0.2, -0.15) is 18.2 Å². The molecule has 3 aromatic rings. The first-order valence-electron chi connectivity index (χ1n) is 10.6. The molecule has 184 valence electrons. The first kappa shape index (κ1) is 24.2. The second kappa shape index (κ2) is 9.04. The minimum atomic E-state index is -4.43. The number of fused-ring (bicyclic) bond motifs is 1. The van der Waals surface area contributed by atoms with Gasteiger partial charge in [0.2, 0.25) is 5.95 Å². The monoisotopic (exact) mass is 492 g/mol. The molecular weight excluding hydrogens is 471 g/mol. The zero-order valence-electron chi connectivity index (χ0n) is 18.7. The lowest BCUT2D eigenvalue weighted by atomic mass is 10.1. The number of alkyl halides is 3. The van der Waals surface area contributed by atoms with Gasteiger partial charge in [0.05, 0.1) is 24.2 Å². The molecule has 4 rings (SSSR count). The first-order valence-corrected chi connectivity index (χ1v) is 10.6. The van der Waals surface area contributed by atoms with Gasteiger partial charge in [0.1, 0.15) is 34.8 Å². The van der Waals surface area contributed by atoms with Crippen molar-refractivity contribution in [2.45, 2.75) is 38.9 Å². The molecule has 13 heteroatoms. The molecule has 2 aromatic heterocycles. The van der Waals surface area contributed by atoms with E-state index < -0.39 is 36.8 Å². The number of halogens is 5. The standard InChI is InChI=1S/C22H21F5N8/c1-3-16-18(29)35(12(2)28)17-11-31-21(32-20(17)33(16)8-6-22(25,26)27)34-9-7-30-19(34)14-5-4-13(23)10-15(14)24/h4-5,7,9-11,16,28-29H,3,6,8H2,1-2H3/t16-/m1/s1. The van der Waals surface area contributed by atoms with Gasteiger partial charge in [-0.05, 0) is 25.5 Å². The van der Waals surface area contributed by atoms with Crippen LogP contribution in [-0.4, -0.2) is 50.0 Å². The Morgan fingerprint density at radius 3 is 2.54 bits per heavy atom. The predicted octanol–water partition coefficient (Wildman–Crippen LogP) is 4.94. The molecule has 2 N–H and O–H groups in total. The number of benzene rings is 1. The van der Waals surface area contributed by atoms with Crippen LogP contribution in [0.2, 0.25) is 0 Å². The molecule has 1 aromatic carbocycles. The van der Waals surface area contributed by atoms with Crippen molar-refractivity contribution in [1.82, 2.24) is 19.5 Å². The molecule has 8 nitrogen and oxygen atoms in total. The van der Waals surface area contributed by atoms with Gasteiger partial charge in [0.15, 0.2) is 5.82 Å². The third-order valence-electron chi connectivity index (χ3n) is 5.57. The van der Waals surface area contributed by atoms with Gasteiger partial charge in [-0.15, -0.1) is 0 Å². The van der Waals surface area contributed by atoms with Crippen LogP contribution in [0.25, 0.3) is 17.3 Å². The number of nitrogens with zero attached hydrogens (tertiary/aromatic N) is 6. The van der Waals surface area contributed by atoms with Crippen molar-refractivity contribution in [3.05, 3.63) is 48.4 Å². The molecule has 0 amide bonds. The SMILES string of the molecule is CC[C@@H]1C(=N)N(C(C)=N)c2cnc(-n3ccnc3-c3ccc(F)cc3F)nc2N1CCC(F)(F)F. The van der Waals surface area contributed by atoms with Gasteiger partial charge in [-0.3, -0.25) is 20.3 Å². The molecule has 0 saturated heterocycles. The number of imidazole rings is 1. The maximum atomic E-state index is 14.4. The molecule has 0 aliphatic carbocycles. The molecule has 0 fully saturated rings. The number of anilines is 2. The average Bonchev–Trinajstić information content (AvgIpc) is 3.25. The van der Waals surface area contributed by atoms with Crippen molar-refractivity contribution < 1.29 is 22.0 Å². The highest BCUT2D eigenvalue weighted by Gasteiger charge is 2.39. The zero-order chi connectivity index (χ0) is 25.5. The number of hydrogen-bond acceptors (Lipinski definition) is 6. The van der Waals surface area contributed by atoms with E-state index in [4.69, 9.17) is 10.8 Å². The highest BCUT2D eigenvalue weighted by atomic mass is 19.4. The summed E-state index contributed by atoms with van der Waals surface area (Å²) in [6.45, 7) is 2.73. The Hall–Kier alpha value is -3.90. The summed E-state index contributed by atoms with van der Waals surface area (Å²) in [7, 11) is 0. The summed E-state index contributed by atoms with van der Waals surface area (Å²) in [5.41, 5.74) is 0.171. The van der Waals surface area contributed by atoms with Crippen molar-refractivity contribution in [2.75, 3.05) is 16.3 Å². The number of amidine groups is 2. The van der Waals surface area contributed by atoms with Crippen LogP contribution < -0.4 is 9.80 Å². The van der Waals surface area contributed by atoms with Crippen molar-refractivity contribution >= 4 is 23.2 Å². The topological polar surface area (TPSA) is 97.8 Å². The van der Waals surface area contributed by atoms with E-state index in [-0.39, 0.29) is 40.5 Å². The molecule has 0 radical (unpaired) electrons. The number of hydrogen-bond donors (Lipinski definition) is 2. The molecule has 0 spiro atoms. The van der Waals surface area contributed by atoms with Crippen molar-refractivity contribution in [1.29, 1.82) is 10.8 Å². The van der Waals surface area contributed by atoms with E-state index >= 15 is 0 Å². The van der Waals surface area contributed by atoms with Crippen LogP contribution in [0.5, 0.6) is 0 Å². The fourth-order valence-corrected chi connectivity index (χ4v) is 4.04. The first-order chi connectivity index (χ1) is 16.5. The normalized spacial score (nSPS) is 16.0. The van der Waals surface area contributed by atoms with Gasteiger partial charge in [-0.1, -0.05) is 6.92 Å². The van der Waals surface area contributed by atoms with E-state index in [1.165, 1.54) is 45.9 Å². The Morgan fingerprint density at radius 2 is 1.91 bits per heavy atom. The second-order valence-electron chi connectivity index (χ2n) is 7.91. The minimum Gasteiger partial charge on any atom is -0.344 e. The lowest BCUT2D eigenvalue weighted by Gasteiger charge is -2.43. The third kappa shape index (κ3) is 4.57. The Bertz CT molecular complexity index is 1290. The largest absolute Gasteiger partial charge is 0.390 e. The number of aromatic nitrogens is 4. The predicted molar refractivity (Wildman–Crippen MR) is 120 cm³/mol. The molecule has 1 aliphatic rings. The molecule has 3 heterocycles. The van der Waals surface area contributed by atoms with Gasteiger partial charge >= 0.3 is 6.18 Å². The van der Waals surface area contributed by atoms with Crippen LogP contribution >= 0.6 is 0 Å². The molecule has 0 unspecified atom stereocenters. The van der Waals surface area contributed by atoms with Crippen LogP contribution in [0, 0.1) is 22.5 Å². The second-order valence-corrected chi connectivity index (χ2v) is 7.91. The van der Waals surface area contributed by atoms with Gasteiger partial charge in [-0.25, -0.2) is 18.7 Å². The molecule has 0 saturated carbocycles. The van der Waals surface area contributed by atoms with E-state index in [1.54, 1.807) is 6.92 Å². The maximum absolute atomic E-state index is 14.4. The summed E-state index contributed by atoms with van der Waals surface area (Å²) in [5.74, 6) is -1.52. The van der Waals surface area contributed by atoms with E-state index in [9.17, 15) is 22.0 Å². The van der Waals surface area contributed by atoms with E-state index in [0.717, 1.165) is 6.07 Å². The summed E-state index contributed by atoms with van der Waals surface area (Å²) in [4.78, 5) is 15.5. The zero-order valence-corrected chi connectivity index (χ0v) is 18.7. The molecule has 1 aliphatic heterocycles. The number of nitrogens with one attached hydrogen (secondary N) is 2. The van der Waals surface area contributed by atoms with Crippen LogP contribution in [0.3, 0.4) is 0 Å². The Kier molecular flexibility index (Phi) is 6.26. The third-order valence-corrected chi connectivity index (χ3v) is 5.57. The minimum absolute atomic E-state index is 0.0112. The lowest BCUT2D eigenvalue weighted by molar-refractivity contribution is -0.132. The summed E-state index contributed by atoms with van der Waals surface area (Å²) in [6, 6.07) is 2.24. The Labute approximate surface area is 197 Å². The van der Waals surface area contributed by atoms with Crippen LogP contribution in [0.15, 0.2) is 36.8 Å². The fraction of sp³-hybridized carbons (Fsp3) is 0.318. The van der Waals surface area contributed by atoms with Crippen LogP contribution in [-0.2, 0) is 0 Å². The van der Waals surface area contributed by atoms with Gasteiger partial charge in [0, 0.05) is 25.0 Å². The summed E-state index contributed by atoms with van der Waals surface area (Å²) < 4.78 is 68.4. The molecular formula is C22H21F5N8. The molecule has 1 atom stereocenters. The van der Waals surface area contributed by atoms with Gasteiger partial charge < -0.3 is 4.90 Å². The van der Waals surface area contributed by atoms with E-state index in [0.29, 0.717) is 12.5 Å². The Morgan fingerprint density at radius 1 is 1.17 bits per heavy atom. The van der Waals surface area contributed by atoms with Crippen molar-refractivity contribution in [2.24, 2.45) is 0 Å². The quantitative estimate of drug-likeness (QED) is 0.299. The fourth-order valence-electron chi connectivity index (χ4n) is 4.04. The van der Waals surface area contributed by atoms with E-state index in [1.807, 2.05) is 0 Å². The van der Waals surface area contributed by atoms with Crippen molar-refractivity contribution in [3.8, 4) is 17.3 Å². The Balaban J connectivity index is 1.85. The highest BCUT2D eigenvalue weighted by Crippen LogP contribution is 2.37. The lowest BCUT2D eigenvalue weighted by Crippen LogP contribution is -2.55. The average molecular weight is 492 g/mol. The number of rotatable bonds is 5. The summed E-state index contributed by atoms with van der Waals surface area (Å²) in [5, 5.41) is 16.6. The smallest absolute Gasteiger partial charge is 0.344 e. The summed E-state index contributed by atoms with van der Waals surface area (Å²) >= 11 is 0. The highest BCUT2D eigenvalue weighted by molar-refractivity contribution is 6.21. The van der Waals surface area contributed by atoms with Crippen molar-refractivity contribution in [3.63, 3.8) is 0 Å².